The van der Waals surface area contributed by atoms with Gasteiger partial charge in [0.25, 0.3) is 0 Å². The maximum absolute atomic E-state index is 5.70. The van der Waals surface area contributed by atoms with E-state index in [-0.39, 0.29) is 0 Å². The van der Waals surface area contributed by atoms with Crippen LogP contribution in [0.1, 0.15) is 44.9 Å². The third kappa shape index (κ3) is 2.62. The summed E-state index contributed by atoms with van der Waals surface area (Å²) in [7, 11) is 0. The van der Waals surface area contributed by atoms with Gasteiger partial charge in [-0.05, 0) is 37.2 Å². The van der Waals surface area contributed by atoms with Crippen LogP contribution in [0.4, 0.5) is 0 Å². The number of imidazole rings is 1. The van der Waals surface area contributed by atoms with Gasteiger partial charge >= 0.3 is 0 Å². The standard InChI is InChI=1S/C16H22N2S/c19-16-17-12-8-4-2-1-3-5-9-13-18(16)15-11-7-6-10-14(15)17/h6-7,10-11H,1-5,8-9,12-13H2. The van der Waals surface area contributed by atoms with Gasteiger partial charge in [0.15, 0.2) is 4.77 Å². The molecule has 19 heavy (non-hydrogen) atoms. The lowest BCUT2D eigenvalue weighted by Crippen LogP contribution is -2.03. The van der Waals surface area contributed by atoms with Crippen LogP contribution in [0.5, 0.6) is 0 Å². The first kappa shape index (κ1) is 12.9. The number of nitrogens with zero attached hydrogens (tertiary/aromatic N) is 2. The Bertz CT molecular complexity index is 559. The highest BCUT2D eigenvalue weighted by Gasteiger charge is 2.10. The number of hydrogen-bond donors (Lipinski definition) is 0. The van der Waals surface area contributed by atoms with Crippen molar-refractivity contribution in [2.75, 3.05) is 0 Å². The number of benzene rings is 1. The zero-order valence-electron chi connectivity index (χ0n) is 11.5. The molecule has 1 aliphatic heterocycles. The summed E-state index contributed by atoms with van der Waals surface area (Å²) < 4.78 is 5.69. The molecule has 0 saturated carbocycles. The molecule has 1 aliphatic rings. The third-order valence-electron chi connectivity index (χ3n) is 4.19. The van der Waals surface area contributed by atoms with Crippen LogP contribution < -0.4 is 0 Å². The molecule has 0 spiro atoms. The summed E-state index contributed by atoms with van der Waals surface area (Å²) in [6, 6.07) is 8.66. The quantitative estimate of drug-likeness (QED) is 0.620. The molecule has 0 unspecified atom stereocenters. The van der Waals surface area contributed by atoms with E-state index in [0.717, 1.165) is 17.9 Å². The SMILES string of the molecule is S=c1n2c3ccccc3n1CCCCCCCCC2. The van der Waals surface area contributed by atoms with Crippen LogP contribution in [0.25, 0.3) is 11.0 Å². The van der Waals surface area contributed by atoms with E-state index in [4.69, 9.17) is 12.2 Å². The van der Waals surface area contributed by atoms with Gasteiger partial charge in [-0.15, -0.1) is 0 Å². The van der Waals surface area contributed by atoms with E-state index >= 15 is 0 Å². The van der Waals surface area contributed by atoms with Crippen LogP contribution in [0.15, 0.2) is 24.3 Å². The van der Waals surface area contributed by atoms with E-state index < -0.39 is 0 Å². The minimum atomic E-state index is 1.02. The molecule has 1 aromatic heterocycles. The fourth-order valence-electron chi connectivity index (χ4n) is 3.13. The summed E-state index contributed by atoms with van der Waals surface area (Å²) >= 11 is 5.70. The Morgan fingerprint density at radius 1 is 0.684 bits per heavy atom. The lowest BCUT2D eigenvalue weighted by Gasteiger charge is -2.08. The molecule has 2 nitrogen and oxygen atoms in total. The van der Waals surface area contributed by atoms with Crippen LogP contribution in [0.3, 0.4) is 0 Å². The van der Waals surface area contributed by atoms with E-state index in [1.54, 1.807) is 0 Å². The molecule has 102 valence electrons. The summed E-state index contributed by atoms with van der Waals surface area (Å²) in [6.45, 7) is 2.15. The summed E-state index contributed by atoms with van der Waals surface area (Å²) in [6.07, 6.45) is 9.34. The molecule has 2 heterocycles. The van der Waals surface area contributed by atoms with Crippen LogP contribution in [0, 0.1) is 4.77 Å². The molecule has 0 atom stereocenters. The number of para-hydroxylation sites is 2. The average Bonchev–Trinajstić information content (AvgIpc) is 2.70. The van der Waals surface area contributed by atoms with Crippen LogP contribution in [-0.2, 0) is 13.1 Å². The Morgan fingerprint density at radius 2 is 1.11 bits per heavy atom. The van der Waals surface area contributed by atoms with Crippen molar-refractivity contribution >= 4 is 23.3 Å². The smallest absolute Gasteiger partial charge is 0.180 e. The third-order valence-corrected chi connectivity index (χ3v) is 4.63. The lowest BCUT2D eigenvalue weighted by molar-refractivity contribution is 0.509. The molecule has 2 bridgehead atoms. The average molecular weight is 274 g/mol. The van der Waals surface area contributed by atoms with Gasteiger partial charge in [-0.3, -0.25) is 0 Å². The Kier molecular flexibility index (Phi) is 4.02. The van der Waals surface area contributed by atoms with Gasteiger partial charge in [0.1, 0.15) is 0 Å². The molecule has 0 amide bonds. The Labute approximate surface area is 120 Å². The summed E-state index contributed by atoms with van der Waals surface area (Å²) in [5, 5.41) is 0. The van der Waals surface area contributed by atoms with Crippen molar-refractivity contribution < 1.29 is 0 Å². The normalized spacial score (nSPS) is 17.9. The number of aryl methyl sites for hydroxylation is 2. The second-order valence-corrected chi connectivity index (χ2v) is 5.91. The molecular formula is C16H22N2S. The first-order valence-electron chi connectivity index (χ1n) is 7.56. The van der Waals surface area contributed by atoms with E-state index in [1.807, 2.05) is 0 Å². The predicted octanol–water partition coefficient (Wildman–Crippen LogP) is 4.92. The molecule has 1 aromatic carbocycles. The predicted molar refractivity (Wildman–Crippen MR) is 83.1 cm³/mol. The molecule has 0 radical (unpaired) electrons. The molecule has 3 rings (SSSR count). The highest BCUT2D eigenvalue weighted by atomic mass is 32.1. The Morgan fingerprint density at radius 3 is 1.58 bits per heavy atom. The second kappa shape index (κ2) is 5.91. The van der Waals surface area contributed by atoms with Crippen molar-refractivity contribution in [3.63, 3.8) is 0 Å². The van der Waals surface area contributed by atoms with Gasteiger partial charge < -0.3 is 9.13 Å². The van der Waals surface area contributed by atoms with E-state index in [2.05, 4.69) is 33.4 Å². The minimum absolute atomic E-state index is 1.02. The highest BCUT2D eigenvalue weighted by Crippen LogP contribution is 2.21. The van der Waals surface area contributed by atoms with Gasteiger partial charge in [0.2, 0.25) is 0 Å². The van der Waals surface area contributed by atoms with Crippen LogP contribution >= 0.6 is 12.2 Å². The van der Waals surface area contributed by atoms with Crippen molar-refractivity contribution in [1.82, 2.24) is 9.13 Å². The minimum Gasteiger partial charge on any atom is -0.317 e. The number of hydrogen-bond acceptors (Lipinski definition) is 1. The van der Waals surface area contributed by atoms with Crippen molar-refractivity contribution in [3.05, 3.63) is 29.0 Å². The molecule has 0 aliphatic carbocycles. The fraction of sp³-hybridized carbons (Fsp3) is 0.562. The van der Waals surface area contributed by atoms with Crippen molar-refractivity contribution in [1.29, 1.82) is 0 Å². The lowest BCUT2D eigenvalue weighted by atomic mass is 10.1. The summed E-state index contributed by atoms with van der Waals surface area (Å²) in [5.74, 6) is 0. The summed E-state index contributed by atoms with van der Waals surface area (Å²) in [5.41, 5.74) is 2.62. The molecule has 0 saturated heterocycles. The van der Waals surface area contributed by atoms with Crippen molar-refractivity contribution in [3.8, 4) is 0 Å². The van der Waals surface area contributed by atoms with E-state index in [9.17, 15) is 0 Å². The molecule has 2 aromatic rings. The fourth-order valence-corrected chi connectivity index (χ4v) is 3.51. The van der Waals surface area contributed by atoms with Crippen LogP contribution in [-0.4, -0.2) is 9.13 Å². The Hall–Kier alpha value is -1.09. The van der Waals surface area contributed by atoms with E-state index in [0.29, 0.717) is 0 Å². The molecule has 3 heteroatoms. The highest BCUT2D eigenvalue weighted by molar-refractivity contribution is 7.71. The number of fused-ring (bicyclic) bond motifs is 5. The maximum atomic E-state index is 5.70. The van der Waals surface area contributed by atoms with Gasteiger partial charge in [-0.25, -0.2) is 0 Å². The van der Waals surface area contributed by atoms with Gasteiger partial charge in [0, 0.05) is 13.1 Å². The van der Waals surface area contributed by atoms with Gasteiger partial charge in [-0.1, -0.05) is 44.2 Å². The molecule has 0 fully saturated rings. The topological polar surface area (TPSA) is 9.86 Å². The molecule has 0 N–H and O–H groups in total. The monoisotopic (exact) mass is 274 g/mol. The first-order valence-corrected chi connectivity index (χ1v) is 7.97. The largest absolute Gasteiger partial charge is 0.317 e. The zero-order valence-corrected chi connectivity index (χ0v) is 12.3. The summed E-state index contributed by atoms with van der Waals surface area (Å²) in [4.78, 5) is 0. The second-order valence-electron chi connectivity index (χ2n) is 5.55. The van der Waals surface area contributed by atoms with Crippen molar-refractivity contribution in [2.24, 2.45) is 0 Å². The molecular weight excluding hydrogens is 252 g/mol. The Balaban J connectivity index is 2.05. The van der Waals surface area contributed by atoms with Crippen LogP contribution in [0.2, 0.25) is 0 Å². The maximum Gasteiger partial charge on any atom is 0.180 e. The number of aromatic nitrogens is 2. The van der Waals surface area contributed by atoms with E-state index in [1.165, 1.54) is 56.0 Å². The van der Waals surface area contributed by atoms with Gasteiger partial charge in [0.05, 0.1) is 11.0 Å². The first-order chi connectivity index (χ1) is 9.38. The zero-order chi connectivity index (χ0) is 13.1. The van der Waals surface area contributed by atoms with Gasteiger partial charge in [-0.2, -0.15) is 0 Å². The number of rotatable bonds is 0. The van der Waals surface area contributed by atoms with Crippen molar-refractivity contribution in [2.45, 2.75) is 58.0 Å².